The van der Waals surface area contributed by atoms with Gasteiger partial charge in [-0.15, -0.1) is 11.3 Å². The van der Waals surface area contributed by atoms with Crippen molar-refractivity contribution >= 4 is 33.2 Å². The Morgan fingerprint density at radius 1 is 1.33 bits per heavy atom. The molecule has 1 atom stereocenters. The van der Waals surface area contributed by atoms with Gasteiger partial charge in [-0.3, -0.25) is 9.59 Å². The molecule has 0 radical (unpaired) electrons. The summed E-state index contributed by atoms with van der Waals surface area (Å²) in [4.78, 5) is 22.5. The summed E-state index contributed by atoms with van der Waals surface area (Å²) < 4.78 is 26.5. The summed E-state index contributed by atoms with van der Waals surface area (Å²) in [6.45, 7) is 4.85. The molecule has 0 spiro atoms. The van der Waals surface area contributed by atoms with Crippen molar-refractivity contribution in [3.8, 4) is 0 Å². The van der Waals surface area contributed by atoms with E-state index in [1.54, 1.807) is 19.9 Å². The minimum absolute atomic E-state index is 0.0229. The Labute approximate surface area is 127 Å². The predicted molar refractivity (Wildman–Crippen MR) is 78.4 cm³/mol. The lowest BCUT2D eigenvalue weighted by Crippen LogP contribution is -2.43. The number of carboxylic acid groups (broad SMARTS) is 1. The molecule has 0 aliphatic rings. The molecule has 118 valence electrons. The van der Waals surface area contributed by atoms with Crippen LogP contribution in [-0.2, 0) is 26.2 Å². The van der Waals surface area contributed by atoms with Gasteiger partial charge in [-0.25, -0.2) is 8.42 Å². The van der Waals surface area contributed by atoms with Gasteiger partial charge in [-0.1, -0.05) is 13.8 Å². The largest absolute Gasteiger partial charge is 0.480 e. The minimum Gasteiger partial charge on any atom is -0.480 e. The van der Waals surface area contributed by atoms with Crippen LogP contribution in [-0.4, -0.2) is 31.4 Å². The van der Waals surface area contributed by atoms with Crippen LogP contribution >= 0.6 is 11.3 Å². The van der Waals surface area contributed by atoms with Crippen LogP contribution in [0.5, 0.6) is 0 Å². The summed E-state index contributed by atoms with van der Waals surface area (Å²) in [5.74, 6) is -1.81. The molecule has 0 aliphatic carbocycles. The third-order valence-electron chi connectivity index (χ3n) is 2.63. The van der Waals surface area contributed by atoms with Gasteiger partial charge in [0, 0.05) is 11.8 Å². The molecule has 9 heteroatoms. The molecule has 0 fully saturated rings. The van der Waals surface area contributed by atoms with Gasteiger partial charge in [0.05, 0.1) is 6.54 Å². The first-order valence-corrected chi connectivity index (χ1v) is 8.51. The molecule has 7 nitrogen and oxygen atoms in total. The van der Waals surface area contributed by atoms with Gasteiger partial charge >= 0.3 is 5.97 Å². The number of nitrogens with one attached hydrogen (secondary N) is 2. The average molecular weight is 334 g/mol. The van der Waals surface area contributed by atoms with E-state index in [1.807, 2.05) is 0 Å². The fourth-order valence-corrected chi connectivity index (χ4v) is 4.16. The van der Waals surface area contributed by atoms with Crippen molar-refractivity contribution in [2.75, 3.05) is 0 Å². The van der Waals surface area contributed by atoms with E-state index in [9.17, 15) is 18.0 Å². The molecule has 0 aromatic carbocycles. The number of carboxylic acids is 1. The Kier molecular flexibility index (Phi) is 5.87. The lowest BCUT2D eigenvalue weighted by Gasteiger charge is -2.17. The van der Waals surface area contributed by atoms with Crippen LogP contribution < -0.4 is 10.0 Å². The predicted octanol–water partition coefficient (Wildman–Crippen LogP) is 0.772. The zero-order valence-corrected chi connectivity index (χ0v) is 13.5. The first-order chi connectivity index (χ1) is 9.63. The van der Waals surface area contributed by atoms with Gasteiger partial charge in [-0.05, 0) is 18.1 Å². The topological polar surface area (TPSA) is 113 Å². The molecule has 1 heterocycles. The third-order valence-corrected chi connectivity index (χ3v) is 5.65. The van der Waals surface area contributed by atoms with Crippen LogP contribution in [0, 0.1) is 5.92 Å². The van der Waals surface area contributed by atoms with Crippen LogP contribution in [0.4, 0.5) is 0 Å². The number of thiophene rings is 1. The highest BCUT2D eigenvalue weighted by molar-refractivity contribution is 7.91. The van der Waals surface area contributed by atoms with Crippen molar-refractivity contribution in [1.82, 2.24) is 10.0 Å². The molecule has 0 saturated carbocycles. The molecular formula is C12H18N2O5S2. The maximum Gasteiger partial charge on any atom is 0.322 e. The highest BCUT2D eigenvalue weighted by atomic mass is 32.2. The second kappa shape index (κ2) is 7.01. The van der Waals surface area contributed by atoms with E-state index in [2.05, 4.69) is 10.0 Å². The van der Waals surface area contributed by atoms with Gasteiger partial charge in [-0.2, -0.15) is 4.72 Å². The quantitative estimate of drug-likeness (QED) is 0.682. The fourth-order valence-electron chi connectivity index (χ4n) is 1.51. The number of rotatable bonds is 7. The van der Waals surface area contributed by atoms with Crippen molar-refractivity contribution in [3.05, 3.63) is 17.0 Å². The Balaban J connectivity index is 2.88. The fraction of sp³-hybridized carbons (Fsp3) is 0.500. The van der Waals surface area contributed by atoms with Crippen molar-refractivity contribution in [2.24, 2.45) is 5.92 Å². The lowest BCUT2D eigenvalue weighted by molar-refractivity contribution is -0.140. The van der Waals surface area contributed by atoms with Crippen LogP contribution in [0.3, 0.4) is 0 Å². The molecule has 0 aliphatic heterocycles. The van der Waals surface area contributed by atoms with Gasteiger partial charge in [0.1, 0.15) is 10.3 Å². The highest BCUT2D eigenvalue weighted by Crippen LogP contribution is 2.22. The highest BCUT2D eigenvalue weighted by Gasteiger charge is 2.28. The standard InChI is InChI=1S/C12H18N2O5S2/c1-7(2)11(12(16)17)14-21(18,19)10-5-4-9(20-10)6-13-8(3)15/h4-5,7,11,14H,6H2,1-3H3,(H,13,15)(H,16,17)/t11-/m0/s1. The number of carbonyl (C=O) groups is 2. The van der Waals surface area contributed by atoms with Crippen molar-refractivity contribution < 1.29 is 23.1 Å². The molecule has 1 aromatic rings. The lowest BCUT2D eigenvalue weighted by atomic mass is 10.1. The molecule has 0 unspecified atom stereocenters. The Hall–Kier alpha value is -1.45. The zero-order chi connectivity index (χ0) is 16.2. The maximum atomic E-state index is 12.2. The maximum absolute atomic E-state index is 12.2. The zero-order valence-electron chi connectivity index (χ0n) is 11.9. The monoisotopic (exact) mass is 334 g/mol. The summed E-state index contributed by atoms with van der Waals surface area (Å²) >= 11 is 0.989. The van der Waals surface area contributed by atoms with E-state index in [-0.39, 0.29) is 22.6 Å². The number of aliphatic carboxylic acids is 1. The molecule has 1 aromatic heterocycles. The number of hydrogen-bond acceptors (Lipinski definition) is 5. The first-order valence-electron chi connectivity index (χ1n) is 6.21. The smallest absolute Gasteiger partial charge is 0.322 e. The number of hydrogen-bond donors (Lipinski definition) is 3. The summed E-state index contributed by atoms with van der Waals surface area (Å²) in [6.07, 6.45) is 0. The van der Waals surface area contributed by atoms with Crippen LogP contribution in [0.15, 0.2) is 16.3 Å². The normalized spacial score (nSPS) is 13.1. The molecule has 21 heavy (non-hydrogen) atoms. The molecule has 0 bridgehead atoms. The third kappa shape index (κ3) is 5.10. The van der Waals surface area contributed by atoms with Crippen LogP contribution in [0.1, 0.15) is 25.6 Å². The number of sulfonamides is 1. The van der Waals surface area contributed by atoms with E-state index in [4.69, 9.17) is 5.11 Å². The van der Waals surface area contributed by atoms with Gasteiger partial charge in [0.25, 0.3) is 10.0 Å². The number of amides is 1. The van der Waals surface area contributed by atoms with E-state index < -0.39 is 22.0 Å². The van der Waals surface area contributed by atoms with Crippen LogP contribution in [0.25, 0.3) is 0 Å². The summed E-state index contributed by atoms with van der Waals surface area (Å²) in [6, 6.07) is 1.79. The van der Waals surface area contributed by atoms with Crippen LogP contribution in [0.2, 0.25) is 0 Å². The Morgan fingerprint density at radius 3 is 2.43 bits per heavy atom. The van der Waals surface area contributed by atoms with Gasteiger partial charge < -0.3 is 10.4 Å². The van der Waals surface area contributed by atoms with Gasteiger partial charge in [0.15, 0.2) is 0 Å². The summed E-state index contributed by atoms with van der Waals surface area (Å²) in [7, 11) is -3.89. The Bertz CT molecular complexity index is 621. The first kappa shape index (κ1) is 17.6. The second-order valence-electron chi connectivity index (χ2n) is 4.81. The average Bonchev–Trinajstić information content (AvgIpc) is 2.82. The summed E-state index contributed by atoms with van der Waals surface area (Å²) in [5.41, 5.74) is 0. The van der Waals surface area contributed by atoms with E-state index in [1.165, 1.54) is 13.0 Å². The Morgan fingerprint density at radius 2 is 1.95 bits per heavy atom. The molecule has 0 saturated heterocycles. The molecular weight excluding hydrogens is 316 g/mol. The molecule has 1 amide bonds. The summed E-state index contributed by atoms with van der Waals surface area (Å²) in [5, 5.41) is 11.6. The van der Waals surface area contributed by atoms with Gasteiger partial charge in [0.2, 0.25) is 5.91 Å². The van der Waals surface area contributed by atoms with Crippen molar-refractivity contribution in [2.45, 2.75) is 37.6 Å². The minimum atomic E-state index is -3.89. The molecule has 3 N–H and O–H groups in total. The number of carbonyl (C=O) groups excluding carboxylic acids is 1. The molecule has 1 rings (SSSR count). The van der Waals surface area contributed by atoms with Crippen molar-refractivity contribution in [3.63, 3.8) is 0 Å². The van der Waals surface area contributed by atoms with E-state index in [0.29, 0.717) is 4.88 Å². The van der Waals surface area contributed by atoms with E-state index >= 15 is 0 Å². The van der Waals surface area contributed by atoms with Crippen molar-refractivity contribution in [1.29, 1.82) is 0 Å². The van der Waals surface area contributed by atoms with E-state index in [0.717, 1.165) is 11.3 Å². The second-order valence-corrected chi connectivity index (χ2v) is 7.92. The SMILES string of the molecule is CC(=O)NCc1ccc(S(=O)(=O)N[C@H](C(=O)O)C(C)C)s1.